The summed E-state index contributed by atoms with van der Waals surface area (Å²) in [7, 11) is 3.52. The molecule has 1 aromatic heterocycles. The molecule has 8 heteroatoms. The third-order valence-corrected chi connectivity index (χ3v) is 4.88. The second-order valence-electron chi connectivity index (χ2n) is 5.55. The van der Waals surface area contributed by atoms with E-state index in [1.165, 1.54) is 0 Å². The van der Waals surface area contributed by atoms with Gasteiger partial charge in [-0.3, -0.25) is 4.79 Å². The quantitative estimate of drug-likeness (QED) is 0.626. The van der Waals surface area contributed by atoms with Crippen LogP contribution in [0.5, 0.6) is 11.5 Å². The lowest BCUT2D eigenvalue weighted by molar-refractivity contribution is -0.126. The molecule has 0 saturated carbocycles. The number of nitrogens with one attached hydrogen (secondary N) is 1. The minimum atomic E-state index is -0.176. The zero-order valence-electron chi connectivity index (χ0n) is 13.7. The lowest BCUT2D eigenvalue weighted by Crippen LogP contribution is -2.38. The maximum atomic E-state index is 12.3. The Bertz CT molecular complexity index is 719. The normalized spacial score (nSPS) is 16.2. The number of ether oxygens (including phenoxy) is 2. The molecule has 2 aromatic rings. The summed E-state index contributed by atoms with van der Waals surface area (Å²) in [4.78, 5) is 12.3. The summed E-state index contributed by atoms with van der Waals surface area (Å²) < 4.78 is 12.8. The first-order valence-electron chi connectivity index (χ1n) is 7.71. The van der Waals surface area contributed by atoms with Gasteiger partial charge in [-0.2, -0.15) is 0 Å². The first kappa shape index (κ1) is 16.6. The van der Waals surface area contributed by atoms with Crippen LogP contribution in [0.15, 0.2) is 29.7 Å². The van der Waals surface area contributed by atoms with E-state index in [1.54, 1.807) is 25.2 Å². The van der Waals surface area contributed by atoms with Gasteiger partial charge in [-0.1, -0.05) is 11.8 Å². The Balaban J connectivity index is 1.48. The Kier molecular flexibility index (Phi) is 5.24. The van der Waals surface area contributed by atoms with Crippen LogP contribution in [0.2, 0.25) is 0 Å². The third-order valence-electron chi connectivity index (χ3n) is 3.85. The number of hydrogen-bond donors (Lipinski definition) is 1. The van der Waals surface area contributed by atoms with E-state index in [9.17, 15) is 4.79 Å². The number of thioether (sulfide) groups is 1. The summed E-state index contributed by atoms with van der Waals surface area (Å²) in [5, 5.41) is 11.6. The van der Waals surface area contributed by atoms with Crippen molar-refractivity contribution in [2.75, 3.05) is 26.0 Å². The molecule has 1 atom stereocenters. The first-order valence-corrected chi connectivity index (χ1v) is 8.70. The molecule has 0 unspecified atom stereocenters. The predicted octanol–water partition coefficient (Wildman–Crippen LogP) is 1.28. The van der Waals surface area contributed by atoms with Gasteiger partial charge in [0.25, 0.3) is 0 Å². The van der Waals surface area contributed by atoms with Gasteiger partial charge in [0.15, 0.2) is 5.16 Å². The zero-order chi connectivity index (χ0) is 16.9. The minimum Gasteiger partial charge on any atom is -0.497 e. The molecular formula is C16H20N4O3S. The Morgan fingerprint density at radius 1 is 1.54 bits per heavy atom. The molecule has 128 valence electrons. The van der Waals surface area contributed by atoms with Gasteiger partial charge in [0.2, 0.25) is 5.91 Å². The summed E-state index contributed by atoms with van der Waals surface area (Å²) in [5.41, 5.74) is 1.01. The monoisotopic (exact) mass is 348 g/mol. The van der Waals surface area contributed by atoms with E-state index in [4.69, 9.17) is 9.47 Å². The number of benzene rings is 1. The summed E-state index contributed by atoms with van der Waals surface area (Å²) in [6.45, 7) is 0.986. The van der Waals surface area contributed by atoms with Gasteiger partial charge < -0.3 is 19.4 Å². The topological polar surface area (TPSA) is 78.3 Å². The fraction of sp³-hybridized carbons (Fsp3) is 0.438. The number of nitrogens with zero attached hydrogens (tertiary/aromatic N) is 3. The first-order chi connectivity index (χ1) is 11.7. The van der Waals surface area contributed by atoms with Crippen molar-refractivity contribution in [1.29, 1.82) is 0 Å². The van der Waals surface area contributed by atoms with Gasteiger partial charge in [0.1, 0.15) is 24.4 Å². The summed E-state index contributed by atoms with van der Waals surface area (Å²) in [5.74, 6) is 2.19. The molecular weight excluding hydrogens is 328 g/mol. The molecule has 7 nitrogen and oxygen atoms in total. The Morgan fingerprint density at radius 2 is 2.42 bits per heavy atom. The highest BCUT2D eigenvalue weighted by Crippen LogP contribution is 2.30. The molecule has 0 spiro atoms. The van der Waals surface area contributed by atoms with Crippen LogP contribution in [0, 0.1) is 5.92 Å². The lowest BCUT2D eigenvalue weighted by atomic mass is 9.96. The van der Waals surface area contributed by atoms with E-state index >= 15 is 0 Å². The van der Waals surface area contributed by atoms with Gasteiger partial charge in [0, 0.05) is 19.3 Å². The van der Waals surface area contributed by atoms with Gasteiger partial charge in [-0.15, -0.1) is 10.2 Å². The van der Waals surface area contributed by atoms with E-state index in [0.717, 1.165) is 28.0 Å². The SMILES string of the molecule is COc1ccc2c(c1)C[C@H](C(=O)NCCSc1nncn1C)CO2. The number of aryl methyl sites for hydroxylation is 1. The molecule has 1 N–H and O–H groups in total. The fourth-order valence-electron chi connectivity index (χ4n) is 2.53. The minimum absolute atomic E-state index is 0.0158. The van der Waals surface area contributed by atoms with Crippen LogP contribution in [0.1, 0.15) is 5.56 Å². The van der Waals surface area contributed by atoms with E-state index in [2.05, 4.69) is 15.5 Å². The van der Waals surface area contributed by atoms with Crippen molar-refractivity contribution in [2.24, 2.45) is 13.0 Å². The highest BCUT2D eigenvalue weighted by atomic mass is 32.2. The Labute approximate surface area is 144 Å². The van der Waals surface area contributed by atoms with Crippen molar-refractivity contribution in [2.45, 2.75) is 11.6 Å². The molecule has 1 aliphatic heterocycles. The number of carbonyl (C=O) groups excluding carboxylic acids is 1. The van der Waals surface area contributed by atoms with Crippen molar-refractivity contribution in [3.8, 4) is 11.5 Å². The van der Waals surface area contributed by atoms with Crippen LogP contribution in [-0.2, 0) is 18.3 Å². The average Bonchev–Trinajstić information content (AvgIpc) is 3.02. The molecule has 2 heterocycles. The molecule has 1 aromatic carbocycles. The third kappa shape index (κ3) is 3.81. The number of methoxy groups -OCH3 is 1. The molecule has 0 fully saturated rings. The molecule has 24 heavy (non-hydrogen) atoms. The molecule has 0 saturated heterocycles. The van der Waals surface area contributed by atoms with Crippen molar-refractivity contribution in [3.05, 3.63) is 30.1 Å². The molecule has 0 radical (unpaired) electrons. The number of amides is 1. The molecule has 0 aliphatic carbocycles. The second kappa shape index (κ2) is 7.57. The summed E-state index contributed by atoms with van der Waals surface area (Å²) in [6.07, 6.45) is 2.32. The van der Waals surface area contributed by atoms with Crippen LogP contribution in [0.25, 0.3) is 0 Å². The predicted molar refractivity (Wildman–Crippen MR) is 90.4 cm³/mol. The maximum Gasteiger partial charge on any atom is 0.226 e. The Hall–Kier alpha value is -2.22. The highest BCUT2D eigenvalue weighted by Gasteiger charge is 2.26. The van der Waals surface area contributed by atoms with Gasteiger partial charge in [-0.25, -0.2) is 0 Å². The van der Waals surface area contributed by atoms with Crippen LogP contribution in [-0.4, -0.2) is 46.7 Å². The van der Waals surface area contributed by atoms with Crippen LogP contribution in [0.4, 0.5) is 0 Å². The largest absolute Gasteiger partial charge is 0.497 e. The van der Waals surface area contributed by atoms with Crippen molar-refractivity contribution < 1.29 is 14.3 Å². The maximum absolute atomic E-state index is 12.3. The number of rotatable bonds is 6. The molecule has 1 aliphatic rings. The Morgan fingerprint density at radius 3 is 3.17 bits per heavy atom. The molecule has 1 amide bonds. The van der Waals surface area contributed by atoms with Crippen molar-refractivity contribution in [3.63, 3.8) is 0 Å². The van der Waals surface area contributed by atoms with Crippen LogP contribution in [0.3, 0.4) is 0 Å². The van der Waals surface area contributed by atoms with E-state index in [1.807, 2.05) is 29.8 Å². The molecule has 0 bridgehead atoms. The van der Waals surface area contributed by atoms with Gasteiger partial charge >= 0.3 is 0 Å². The van der Waals surface area contributed by atoms with Gasteiger partial charge in [0.05, 0.1) is 13.0 Å². The summed E-state index contributed by atoms with van der Waals surface area (Å²) >= 11 is 1.56. The summed E-state index contributed by atoms with van der Waals surface area (Å²) in [6, 6.07) is 5.68. The second-order valence-corrected chi connectivity index (χ2v) is 6.61. The van der Waals surface area contributed by atoms with Crippen LogP contribution >= 0.6 is 11.8 Å². The van der Waals surface area contributed by atoms with Gasteiger partial charge in [-0.05, 0) is 30.2 Å². The van der Waals surface area contributed by atoms with Crippen molar-refractivity contribution >= 4 is 17.7 Å². The fourth-order valence-corrected chi connectivity index (χ4v) is 3.27. The average molecular weight is 348 g/mol. The van der Waals surface area contributed by atoms with E-state index in [-0.39, 0.29) is 11.8 Å². The zero-order valence-corrected chi connectivity index (χ0v) is 14.5. The number of aromatic nitrogens is 3. The smallest absolute Gasteiger partial charge is 0.226 e. The lowest BCUT2D eigenvalue weighted by Gasteiger charge is -2.25. The standard InChI is InChI=1S/C16H20N4O3S/c1-20-10-18-19-16(20)24-6-5-17-15(21)12-7-11-8-13(22-2)3-4-14(11)23-9-12/h3-4,8,10,12H,5-7,9H2,1-2H3,(H,17,21)/t12-/m0/s1. The number of carbonyl (C=O) groups is 1. The van der Waals surface area contributed by atoms with Crippen LogP contribution < -0.4 is 14.8 Å². The highest BCUT2D eigenvalue weighted by molar-refractivity contribution is 7.99. The van der Waals surface area contributed by atoms with Crippen molar-refractivity contribution in [1.82, 2.24) is 20.1 Å². The molecule has 3 rings (SSSR count). The van der Waals surface area contributed by atoms with E-state index < -0.39 is 0 Å². The van der Waals surface area contributed by atoms with E-state index in [0.29, 0.717) is 19.6 Å². The number of hydrogen-bond acceptors (Lipinski definition) is 6. The number of fused-ring (bicyclic) bond motifs is 1.